The van der Waals surface area contributed by atoms with E-state index in [1.807, 2.05) is 6.92 Å². The molecule has 0 bridgehead atoms. The molecule has 0 N–H and O–H groups in total. The molecule has 0 spiro atoms. The number of hydrogen-bond acceptors (Lipinski definition) is 1. The summed E-state index contributed by atoms with van der Waals surface area (Å²) in [5, 5.41) is 0. The number of ether oxygens (including phenoxy) is 1. The van der Waals surface area contributed by atoms with Crippen molar-refractivity contribution in [3.05, 3.63) is 6.92 Å². The van der Waals surface area contributed by atoms with Crippen molar-refractivity contribution < 1.29 is 25.2 Å². The quantitative estimate of drug-likeness (QED) is 0.659. The zero-order valence-electron chi connectivity index (χ0n) is 5.20. The van der Waals surface area contributed by atoms with Gasteiger partial charge in [0.25, 0.3) is 0 Å². The van der Waals surface area contributed by atoms with E-state index < -0.39 is 0 Å². The third kappa shape index (κ3) is 53.8. The molecule has 0 fully saturated rings. The van der Waals surface area contributed by atoms with Gasteiger partial charge in [-0.15, -0.1) is 0 Å². The van der Waals surface area contributed by atoms with E-state index in [2.05, 4.69) is 11.7 Å². The molecule has 0 atom stereocenters. The van der Waals surface area contributed by atoms with Crippen LogP contribution in [0.3, 0.4) is 0 Å². The predicted molar refractivity (Wildman–Crippen MR) is 28.6 cm³/mol. The van der Waals surface area contributed by atoms with Gasteiger partial charge in [0.2, 0.25) is 0 Å². The molecule has 0 saturated heterocycles. The predicted octanol–water partition coefficient (Wildman–Crippen LogP) is 1.49. The summed E-state index contributed by atoms with van der Waals surface area (Å²) in [5.41, 5.74) is 0. The van der Waals surface area contributed by atoms with E-state index in [-0.39, 0.29) is 20.4 Å². The summed E-state index contributed by atoms with van der Waals surface area (Å²) in [6, 6.07) is 0. The van der Waals surface area contributed by atoms with E-state index >= 15 is 0 Å². The van der Waals surface area contributed by atoms with Gasteiger partial charge in [-0.2, -0.15) is 6.92 Å². The molecule has 1 nitrogen and oxygen atoms in total. The normalized spacial score (nSPS) is 5.14. The molecule has 0 rings (SSSR count). The van der Waals surface area contributed by atoms with E-state index in [0.29, 0.717) is 0 Å². The Morgan fingerprint density at radius 1 is 1.43 bits per heavy atom. The zero-order valence-corrected chi connectivity index (χ0v) is 7.92. The second-order valence-corrected chi connectivity index (χ2v) is 0.577. The molecule has 1 radical (unpaired) electrons. The smallest absolute Gasteiger partial charge is 0.0433 e. The Morgan fingerprint density at radius 3 is 1.57 bits per heavy atom. The van der Waals surface area contributed by atoms with Crippen molar-refractivity contribution in [2.45, 2.75) is 13.8 Å². The van der Waals surface area contributed by atoms with Crippen LogP contribution >= 0.6 is 0 Å². The summed E-state index contributed by atoms with van der Waals surface area (Å²) < 4.78 is 4.54. The molecule has 0 aliphatic heterocycles. The fraction of sp³-hybridized carbons (Fsp3) is 0.800. The minimum absolute atomic E-state index is 0. The fourth-order valence-electron chi connectivity index (χ4n) is 0. The van der Waals surface area contributed by atoms with Crippen molar-refractivity contribution >= 4 is 0 Å². The van der Waals surface area contributed by atoms with Crippen LogP contribution in [0, 0.1) is 6.92 Å². The first kappa shape index (κ1) is 15.6. The van der Waals surface area contributed by atoms with Crippen LogP contribution in [-0.2, 0) is 25.2 Å². The molecule has 47 valence electrons. The molecule has 7 heavy (non-hydrogen) atoms. The van der Waals surface area contributed by atoms with Crippen LogP contribution < -0.4 is 0 Å². The first-order chi connectivity index (χ1) is 2.91. The average Bonchev–Trinajstić information content (AvgIpc) is 1.72. The molecule has 0 aliphatic carbocycles. The summed E-state index contributed by atoms with van der Waals surface area (Å²) in [5.74, 6) is 0. The monoisotopic (exact) mass is 276 g/mol. The molecule has 0 aliphatic rings. The standard InChI is InChI=1S/C3H8O.C2H5.Re/c1-3-4-2;1-2;/h3H2,1-2H3;1H2,2H3;/q;-1;. The van der Waals surface area contributed by atoms with Crippen LogP contribution in [0.4, 0.5) is 0 Å². The first-order valence-electron chi connectivity index (χ1n) is 2.11. The van der Waals surface area contributed by atoms with Crippen LogP contribution in [-0.4, -0.2) is 13.7 Å². The molecule has 0 heterocycles. The third-order valence-corrected chi connectivity index (χ3v) is 0.289. The van der Waals surface area contributed by atoms with Gasteiger partial charge < -0.3 is 11.7 Å². The van der Waals surface area contributed by atoms with Gasteiger partial charge in [-0.25, -0.2) is 0 Å². The van der Waals surface area contributed by atoms with Crippen LogP contribution in [0.25, 0.3) is 0 Å². The van der Waals surface area contributed by atoms with Crippen molar-refractivity contribution in [2.75, 3.05) is 13.7 Å². The average molecular weight is 275 g/mol. The second kappa shape index (κ2) is 30.4. The summed E-state index contributed by atoms with van der Waals surface area (Å²) in [6.07, 6.45) is 0. The Balaban J connectivity index is -0.0000000480. The van der Waals surface area contributed by atoms with Gasteiger partial charge in [0, 0.05) is 34.1 Å². The molecule has 2 heteroatoms. The first-order valence-corrected chi connectivity index (χ1v) is 2.11. The van der Waals surface area contributed by atoms with E-state index in [9.17, 15) is 0 Å². The van der Waals surface area contributed by atoms with E-state index in [1.54, 1.807) is 14.0 Å². The number of hydrogen-bond donors (Lipinski definition) is 0. The molecular formula is C5H13ORe-. The zero-order chi connectivity index (χ0) is 5.41. The van der Waals surface area contributed by atoms with Crippen LogP contribution in [0.5, 0.6) is 0 Å². The van der Waals surface area contributed by atoms with Gasteiger partial charge in [-0.3, -0.25) is 0 Å². The Morgan fingerprint density at radius 2 is 1.57 bits per heavy atom. The van der Waals surface area contributed by atoms with Gasteiger partial charge in [-0.05, 0) is 6.92 Å². The molecule has 0 unspecified atom stereocenters. The van der Waals surface area contributed by atoms with Crippen molar-refractivity contribution in [1.82, 2.24) is 0 Å². The fourth-order valence-corrected chi connectivity index (χ4v) is 0. The molecular weight excluding hydrogens is 262 g/mol. The minimum Gasteiger partial charge on any atom is -0.385 e. The Labute approximate surface area is 60.1 Å². The van der Waals surface area contributed by atoms with Gasteiger partial charge in [0.1, 0.15) is 0 Å². The minimum atomic E-state index is 0. The van der Waals surface area contributed by atoms with Crippen LogP contribution in [0.2, 0.25) is 0 Å². The summed E-state index contributed by atoms with van der Waals surface area (Å²) in [6.45, 7) is 7.78. The summed E-state index contributed by atoms with van der Waals surface area (Å²) >= 11 is 0. The van der Waals surface area contributed by atoms with Gasteiger partial charge in [0.05, 0.1) is 0 Å². The maximum absolute atomic E-state index is 4.54. The number of methoxy groups -OCH3 is 1. The van der Waals surface area contributed by atoms with Gasteiger partial charge >= 0.3 is 0 Å². The van der Waals surface area contributed by atoms with Crippen LogP contribution in [0.1, 0.15) is 13.8 Å². The van der Waals surface area contributed by atoms with E-state index in [1.165, 1.54) is 0 Å². The maximum Gasteiger partial charge on any atom is 0.0433 e. The SMILES string of the molecule is CCOC.[CH2-]C.[Re]. The van der Waals surface area contributed by atoms with E-state index in [4.69, 9.17) is 0 Å². The molecule has 0 aromatic carbocycles. The topological polar surface area (TPSA) is 9.23 Å². The molecule has 0 aromatic rings. The molecule has 0 aromatic heterocycles. The molecule has 0 saturated carbocycles. The van der Waals surface area contributed by atoms with Gasteiger partial charge in [-0.1, -0.05) is 0 Å². The van der Waals surface area contributed by atoms with Crippen molar-refractivity contribution in [3.63, 3.8) is 0 Å². The number of rotatable bonds is 1. The Kier molecular flexibility index (Phi) is 68.0. The summed E-state index contributed by atoms with van der Waals surface area (Å²) in [4.78, 5) is 0. The second-order valence-electron chi connectivity index (χ2n) is 0.577. The van der Waals surface area contributed by atoms with Crippen LogP contribution in [0.15, 0.2) is 0 Å². The van der Waals surface area contributed by atoms with Crippen molar-refractivity contribution in [2.24, 2.45) is 0 Å². The summed E-state index contributed by atoms with van der Waals surface area (Å²) in [7, 11) is 1.68. The maximum atomic E-state index is 4.54. The Bertz CT molecular complexity index is 10.0. The van der Waals surface area contributed by atoms with Gasteiger partial charge in [0.15, 0.2) is 0 Å². The largest absolute Gasteiger partial charge is 0.385 e. The van der Waals surface area contributed by atoms with Crippen molar-refractivity contribution in [3.8, 4) is 0 Å². The third-order valence-electron chi connectivity index (χ3n) is 0.289. The van der Waals surface area contributed by atoms with E-state index in [0.717, 1.165) is 6.61 Å². The molecule has 0 amide bonds. The Hall–Kier alpha value is 0.622. The van der Waals surface area contributed by atoms with Crippen molar-refractivity contribution in [1.29, 1.82) is 0 Å².